The van der Waals surface area contributed by atoms with Crippen LogP contribution in [0.3, 0.4) is 0 Å². The lowest BCUT2D eigenvalue weighted by Crippen LogP contribution is -2.03. The molecule has 0 radical (unpaired) electrons. The molecule has 0 bridgehead atoms. The highest BCUT2D eigenvalue weighted by Crippen LogP contribution is 2.44. The molecule has 0 fully saturated rings. The van der Waals surface area contributed by atoms with Crippen LogP contribution in [0.15, 0.2) is 236 Å². The Hall–Kier alpha value is -8.40. The van der Waals surface area contributed by atoms with Crippen molar-refractivity contribution in [2.75, 3.05) is 0 Å². The summed E-state index contributed by atoms with van der Waals surface area (Å²) in [5, 5.41) is 5.17. The van der Waals surface area contributed by atoms with Gasteiger partial charge in [0.05, 0.1) is 67.8 Å². The first-order valence-electron chi connectivity index (χ1n) is 28.8. The Balaban J connectivity index is 1.23. The smallest absolute Gasteiger partial charge is 0.0783 e. The first-order chi connectivity index (χ1) is 38.4. The molecule has 13 rings (SSSR count). The van der Waals surface area contributed by atoms with Gasteiger partial charge in [0.25, 0.3) is 0 Å². The molecule has 3 aromatic heterocycles. The summed E-state index contributed by atoms with van der Waals surface area (Å²) < 4.78 is 162. The summed E-state index contributed by atoms with van der Waals surface area (Å²) in [6.45, 7) is 0. The second kappa shape index (κ2) is 14.1. The third kappa shape index (κ3) is 5.46. The standard InChI is InChI=1S/C60H39N3/c1-3-18-40(19-4-1)42-22-15-23-43(36-42)45-37-44(41-20-5-2-6-21-41)38-46(39-45)61-53-30-11-9-26-49(53)51-28-17-35-58(59(51)61)63-56-33-14-10-27-50(56)52-29-16-34-57(60(52)63)62-54-31-12-7-24-47(54)48-25-8-13-32-55(48)62/h1-39H/i1D,2D,3D,4D,5D,6D,15D,18D,19D,20D,21D,22D,23D,36D,37D,38D,39D. The SMILES string of the molecule is [2H]c1c([2H])c([2H])c(-c2c([2H])c([2H])c([2H])c(-c3c([2H])c(-c4c([2H])c([2H])c([2H])c([2H])c4[2H])c([2H])c(-n4c5ccccc5c5cccc(-n6c7ccccc7c7cccc(-n8c9ccccc9c9ccccc98)c76)c54)c3[2H])c2[2H])c([2H])c1[2H]. The van der Waals surface area contributed by atoms with Crippen LogP contribution in [0, 0.1) is 0 Å². The van der Waals surface area contributed by atoms with E-state index in [0.29, 0.717) is 27.5 Å². The Morgan fingerprint density at radius 1 is 0.270 bits per heavy atom. The largest absolute Gasteiger partial charge is 0.307 e. The zero-order chi connectivity index (χ0) is 56.2. The zero-order valence-corrected chi connectivity index (χ0v) is 33.0. The summed E-state index contributed by atoms with van der Waals surface area (Å²) >= 11 is 0. The van der Waals surface area contributed by atoms with Crippen molar-refractivity contribution in [1.29, 1.82) is 0 Å². The normalized spacial score (nSPS) is 15.6. The van der Waals surface area contributed by atoms with Crippen molar-refractivity contribution in [2.45, 2.75) is 0 Å². The third-order valence-electron chi connectivity index (χ3n) is 11.7. The molecule has 10 aromatic carbocycles. The predicted octanol–water partition coefficient (Wildman–Crippen LogP) is 16.0. The van der Waals surface area contributed by atoms with Crippen molar-refractivity contribution in [3.05, 3.63) is 236 Å². The second-order valence-corrected chi connectivity index (χ2v) is 15.1. The number of aromatic nitrogens is 3. The monoisotopic (exact) mass is 818 g/mol. The van der Waals surface area contributed by atoms with Crippen LogP contribution in [0.4, 0.5) is 0 Å². The van der Waals surface area contributed by atoms with Crippen molar-refractivity contribution in [1.82, 2.24) is 13.7 Å². The number of nitrogens with zero attached hydrogens (tertiary/aromatic N) is 3. The lowest BCUT2D eigenvalue weighted by molar-refractivity contribution is 1.11. The van der Waals surface area contributed by atoms with Crippen molar-refractivity contribution in [3.63, 3.8) is 0 Å². The lowest BCUT2D eigenvalue weighted by Gasteiger charge is -2.18. The van der Waals surface area contributed by atoms with Crippen LogP contribution in [-0.2, 0) is 0 Å². The molecule has 0 unspecified atom stereocenters. The number of hydrogen-bond donors (Lipinski definition) is 0. The summed E-state index contributed by atoms with van der Waals surface area (Å²) in [6, 6.07) is 29.7. The average Bonchev–Trinajstić information content (AvgIpc) is 4.19. The van der Waals surface area contributed by atoms with Crippen molar-refractivity contribution >= 4 is 65.4 Å². The van der Waals surface area contributed by atoms with E-state index in [9.17, 15) is 9.60 Å². The number of rotatable bonds is 6. The Morgan fingerprint density at radius 2 is 0.635 bits per heavy atom. The van der Waals surface area contributed by atoms with Gasteiger partial charge < -0.3 is 13.7 Å². The third-order valence-corrected chi connectivity index (χ3v) is 11.7. The molecular formula is C60H39N3. The molecule has 0 amide bonds. The minimum atomic E-state index is -0.887. The predicted molar refractivity (Wildman–Crippen MR) is 266 cm³/mol. The van der Waals surface area contributed by atoms with E-state index in [-0.39, 0.29) is 5.69 Å². The van der Waals surface area contributed by atoms with E-state index in [1.54, 1.807) is 16.7 Å². The van der Waals surface area contributed by atoms with E-state index in [1.165, 1.54) is 0 Å². The Morgan fingerprint density at radius 3 is 1.19 bits per heavy atom. The van der Waals surface area contributed by atoms with Gasteiger partial charge >= 0.3 is 0 Å². The van der Waals surface area contributed by atoms with Crippen LogP contribution < -0.4 is 0 Å². The van der Waals surface area contributed by atoms with Gasteiger partial charge in [-0.3, -0.25) is 0 Å². The van der Waals surface area contributed by atoms with Crippen LogP contribution >= 0.6 is 0 Å². The molecule has 13 aromatic rings. The molecular weight excluding hydrogens is 763 g/mol. The number of para-hydroxylation sites is 6. The van der Waals surface area contributed by atoms with Gasteiger partial charge in [-0.15, -0.1) is 0 Å². The first-order valence-corrected chi connectivity index (χ1v) is 20.3. The fourth-order valence-corrected chi connectivity index (χ4v) is 9.19. The maximum atomic E-state index is 10.4. The van der Waals surface area contributed by atoms with Crippen LogP contribution in [0.5, 0.6) is 0 Å². The van der Waals surface area contributed by atoms with Crippen molar-refractivity contribution in [2.24, 2.45) is 0 Å². The summed E-state index contributed by atoms with van der Waals surface area (Å²) in [5.41, 5.74) is 1.63. The number of benzene rings is 10. The molecule has 0 N–H and O–H groups in total. The van der Waals surface area contributed by atoms with Crippen LogP contribution in [-0.4, -0.2) is 13.7 Å². The molecule has 0 saturated carbocycles. The van der Waals surface area contributed by atoms with E-state index >= 15 is 0 Å². The Labute approximate surface area is 388 Å². The molecule has 63 heavy (non-hydrogen) atoms. The summed E-state index contributed by atoms with van der Waals surface area (Å²) in [7, 11) is 0. The van der Waals surface area contributed by atoms with Gasteiger partial charge in [-0.2, -0.15) is 0 Å². The second-order valence-electron chi connectivity index (χ2n) is 15.1. The molecule has 3 heteroatoms. The Bertz CT molecular complexity index is 4830. The fraction of sp³-hybridized carbons (Fsp3) is 0. The van der Waals surface area contributed by atoms with E-state index in [2.05, 4.69) is 45.5 Å². The number of fused-ring (bicyclic) bond motifs is 9. The quantitative estimate of drug-likeness (QED) is 0.159. The van der Waals surface area contributed by atoms with Gasteiger partial charge in [-0.1, -0.05) is 176 Å². The van der Waals surface area contributed by atoms with Gasteiger partial charge in [0.2, 0.25) is 0 Å². The van der Waals surface area contributed by atoms with Gasteiger partial charge in [0.15, 0.2) is 0 Å². The van der Waals surface area contributed by atoms with Crippen molar-refractivity contribution < 1.29 is 23.3 Å². The van der Waals surface area contributed by atoms with Gasteiger partial charge in [0.1, 0.15) is 0 Å². The molecule has 0 atom stereocenters. The first kappa shape index (κ1) is 22.4. The topological polar surface area (TPSA) is 14.8 Å². The molecule has 294 valence electrons. The summed E-state index contributed by atoms with van der Waals surface area (Å²) in [5.74, 6) is 0. The molecule has 0 aliphatic carbocycles. The average molecular weight is 819 g/mol. The van der Waals surface area contributed by atoms with Crippen LogP contribution in [0.1, 0.15) is 23.3 Å². The van der Waals surface area contributed by atoms with Gasteiger partial charge in [0, 0.05) is 38.0 Å². The molecule has 0 spiro atoms. The highest BCUT2D eigenvalue weighted by molar-refractivity contribution is 6.17. The molecule has 3 heterocycles. The molecule has 0 saturated heterocycles. The molecule has 0 aliphatic heterocycles. The van der Waals surface area contributed by atoms with Crippen LogP contribution in [0.2, 0.25) is 0 Å². The van der Waals surface area contributed by atoms with E-state index in [4.69, 9.17) is 13.7 Å². The fourth-order valence-electron chi connectivity index (χ4n) is 9.19. The lowest BCUT2D eigenvalue weighted by atomic mass is 9.95. The van der Waals surface area contributed by atoms with Crippen molar-refractivity contribution in [3.8, 4) is 50.4 Å². The highest BCUT2D eigenvalue weighted by Gasteiger charge is 2.24. The van der Waals surface area contributed by atoms with E-state index in [0.717, 1.165) is 49.3 Å². The molecule has 0 aliphatic rings. The van der Waals surface area contributed by atoms with Gasteiger partial charge in [-0.05, 0) is 93.9 Å². The maximum Gasteiger partial charge on any atom is 0.0783 e. The van der Waals surface area contributed by atoms with Crippen LogP contribution in [0.25, 0.3) is 116 Å². The minimum absolute atomic E-state index is 0.315. The summed E-state index contributed by atoms with van der Waals surface area (Å²) in [6.07, 6.45) is 0. The Kier molecular flexibility index (Phi) is 5.02. The maximum absolute atomic E-state index is 10.4. The minimum Gasteiger partial charge on any atom is -0.307 e. The zero-order valence-electron chi connectivity index (χ0n) is 50.0. The highest BCUT2D eigenvalue weighted by atomic mass is 15.1. The van der Waals surface area contributed by atoms with E-state index < -0.39 is 136 Å². The van der Waals surface area contributed by atoms with E-state index in [1.807, 2.05) is 84.9 Å². The molecule has 3 nitrogen and oxygen atoms in total. The number of hydrogen-bond acceptors (Lipinski definition) is 0. The van der Waals surface area contributed by atoms with Gasteiger partial charge in [-0.25, -0.2) is 0 Å². The summed E-state index contributed by atoms with van der Waals surface area (Å²) in [4.78, 5) is 0.